The average Bonchev–Trinajstić information content (AvgIpc) is 2.38. The van der Waals surface area contributed by atoms with Crippen molar-refractivity contribution in [1.82, 2.24) is 0 Å². The van der Waals surface area contributed by atoms with Gasteiger partial charge in [0, 0.05) is 0 Å². The topological polar surface area (TPSA) is 44.5 Å². The molecule has 0 bridgehead atoms. The van der Waals surface area contributed by atoms with Gasteiger partial charge in [-0.15, -0.1) is 0 Å². The number of hydrogen-bond donors (Lipinski definition) is 1. The molecule has 1 aromatic carbocycles. The number of ether oxygens (including phenoxy) is 2. The van der Waals surface area contributed by atoms with E-state index in [0.717, 1.165) is 30.0 Å². The van der Waals surface area contributed by atoms with E-state index in [1.54, 1.807) is 14.2 Å². The molecule has 0 unspecified atom stereocenters. The summed E-state index contributed by atoms with van der Waals surface area (Å²) in [7, 11) is 3.47. The predicted molar refractivity (Wildman–Crippen MR) is 78.1 cm³/mol. The van der Waals surface area contributed by atoms with Gasteiger partial charge in [-0.05, 0) is 67.8 Å². The second kappa shape index (κ2) is 5.41. The summed E-state index contributed by atoms with van der Waals surface area (Å²) >= 11 is 0. The summed E-state index contributed by atoms with van der Waals surface area (Å²) in [5.74, 6) is 1.94. The van der Waals surface area contributed by atoms with Crippen LogP contribution in [0.5, 0.6) is 11.5 Å². The number of benzene rings is 1. The first kappa shape index (κ1) is 14.2. The van der Waals surface area contributed by atoms with Crippen molar-refractivity contribution in [3.63, 3.8) is 0 Å². The first-order valence-electron chi connectivity index (χ1n) is 6.98. The van der Waals surface area contributed by atoms with Gasteiger partial charge in [0.05, 0.1) is 14.2 Å². The fraction of sp³-hybridized carbons (Fsp3) is 0.625. The van der Waals surface area contributed by atoms with Crippen LogP contribution in [0.15, 0.2) is 6.07 Å². The summed E-state index contributed by atoms with van der Waals surface area (Å²) < 4.78 is 11.1. The Kier molecular flexibility index (Phi) is 4.04. The zero-order valence-electron chi connectivity index (χ0n) is 12.5. The van der Waals surface area contributed by atoms with Crippen LogP contribution in [-0.2, 0) is 6.42 Å². The Morgan fingerprint density at radius 3 is 2.26 bits per heavy atom. The molecular formula is C16H25NO2. The van der Waals surface area contributed by atoms with Gasteiger partial charge < -0.3 is 15.2 Å². The van der Waals surface area contributed by atoms with E-state index in [1.165, 1.54) is 30.4 Å². The average molecular weight is 263 g/mol. The summed E-state index contributed by atoms with van der Waals surface area (Å²) in [6, 6.07) is 2.12. The molecule has 0 aliphatic heterocycles. The molecule has 0 aromatic heterocycles. The van der Waals surface area contributed by atoms with Gasteiger partial charge in [0.1, 0.15) is 11.5 Å². The monoisotopic (exact) mass is 263 g/mol. The zero-order chi connectivity index (χ0) is 14.0. The van der Waals surface area contributed by atoms with E-state index < -0.39 is 0 Å². The summed E-state index contributed by atoms with van der Waals surface area (Å²) in [4.78, 5) is 0. The molecule has 0 heterocycles. The standard InChI is InChI=1S/C16H25NO2/c1-11-12(2)15(19-4)13(8-14(11)18-3)9-16(10-17)6-5-7-16/h8H,5-7,9-10,17H2,1-4H3. The van der Waals surface area contributed by atoms with Crippen molar-refractivity contribution in [2.75, 3.05) is 20.8 Å². The minimum atomic E-state index is 0.278. The lowest BCUT2D eigenvalue weighted by Gasteiger charge is -2.41. The first-order chi connectivity index (χ1) is 9.06. The van der Waals surface area contributed by atoms with Gasteiger partial charge in [-0.1, -0.05) is 6.42 Å². The highest BCUT2D eigenvalue weighted by Crippen LogP contribution is 2.45. The summed E-state index contributed by atoms with van der Waals surface area (Å²) in [6.45, 7) is 4.92. The van der Waals surface area contributed by atoms with Gasteiger partial charge >= 0.3 is 0 Å². The minimum Gasteiger partial charge on any atom is -0.496 e. The molecule has 0 atom stereocenters. The van der Waals surface area contributed by atoms with E-state index in [0.29, 0.717) is 0 Å². The summed E-state index contributed by atoms with van der Waals surface area (Å²) in [6.07, 6.45) is 4.73. The molecular weight excluding hydrogens is 238 g/mol. The van der Waals surface area contributed by atoms with Crippen molar-refractivity contribution < 1.29 is 9.47 Å². The van der Waals surface area contributed by atoms with Crippen LogP contribution in [-0.4, -0.2) is 20.8 Å². The van der Waals surface area contributed by atoms with Gasteiger partial charge in [-0.25, -0.2) is 0 Å². The lowest BCUT2D eigenvalue weighted by molar-refractivity contribution is 0.143. The number of rotatable bonds is 5. The molecule has 1 fully saturated rings. The second-order valence-corrected chi connectivity index (χ2v) is 5.76. The molecule has 2 N–H and O–H groups in total. The highest BCUT2D eigenvalue weighted by Gasteiger charge is 2.36. The Morgan fingerprint density at radius 1 is 1.16 bits per heavy atom. The van der Waals surface area contributed by atoms with Gasteiger partial charge in [0.15, 0.2) is 0 Å². The number of hydrogen-bond acceptors (Lipinski definition) is 3. The van der Waals surface area contributed by atoms with Crippen LogP contribution in [0.1, 0.15) is 36.0 Å². The lowest BCUT2D eigenvalue weighted by Crippen LogP contribution is -2.39. The summed E-state index contributed by atoms with van der Waals surface area (Å²) in [5, 5.41) is 0. The largest absolute Gasteiger partial charge is 0.496 e. The van der Waals surface area contributed by atoms with Crippen molar-refractivity contribution >= 4 is 0 Å². The third-order valence-electron chi connectivity index (χ3n) is 4.71. The Hall–Kier alpha value is -1.22. The lowest BCUT2D eigenvalue weighted by atomic mass is 9.65. The molecule has 3 heteroatoms. The van der Waals surface area contributed by atoms with E-state index in [-0.39, 0.29) is 5.41 Å². The van der Waals surface area contributed by atoms with Crippen LogP contribution in [0.4, 0.5) is 0 Å². The van der Waals surface area contributed by atoms with E-state index in [9.17, 15) is 0 Å². The Morgan fingerprint density at radius 2 is 1.84 bits per heavy atom. The Labute approximate surface area is 116 Å². The maximum absolute atomic E-state index is 5.97. The molecule has 1 aliphatic rings. The maximum atomic E-state index is 5.97. The number of nitrogens with two attached hydrogens (primary N) is 1. The number of methoxy groups -OCH3 is 2. The van der Waals surface area contributed by atoms with Crippen LogP contribution in [0.3, 0.4) is 0 Å². The van der Waals surface area contributed by atoms with Crippen molar-refractivity contribution in [2.24, 2.45) is 11.1 Å². The molecule has 0 spiro atoms. The smallest absolute Gasteiger partial charge is 0.125 e. The molecule has 3 nitrogen and oxygen atoms in total. The molecule has 0 amide bonds. The minimum absolute atomic E-state index is 0.278. The molecule has 1 aromatic rings. The molecule has 0 saturated heterocycles. The van der Waals surface area contributed by atoms with Crippen molar-refractivity contribution in [3.05, 3.63) is 22.8 Å². The van der Waals surface area contributed by atoms with Gasteiger partial charge in [0.2, 0.25) is 0 Å². The van der Waals surface area contributed by atoms with Gasteiger partial charge in [-0.2, -0.15) is 0 Å². The highest BCUT2D eigenvalue weighted by atomic mass is 16.5. The second-order valence-electron chi connectivity index (χ2n) is 5.76. The van der Waals surface area contributed by atoms with Crippen LogP contribution in [0, 0.1) is 19.3 Å². The fourth-order valence-electron chi connectivity index (χ4n) is 3.09. The Bertz CT molecular complexity index is 459. The normalized spacial score (nSPS) is 16.9. The van der Waals surface area contributed by atoms with Crippen molar-refractivity contribution in [3.8, 4) is 11.5 Å². The van der Waals surface area contributed by atoms with Gasteiger partial charge in [0.25, 0.3) is 0 Å². The molecule has 1 aliphatic carbocycles. The zero-order valence-corrected chi connectivity index (χ0v) is 12.5. The van der Waals surface area contributed by atoms with E-state index in [2.05, 4.69) is 19.9 Å². The van der Waals surface area contributed by atoms with Gasteiger partial charge in [-0.3, -0.25) is 0 Å². The Balaban J connectivity index is 2.40. The van der Waals surface area contributed by atoms with E-state index >= 15 is 0 Å². The van der Waals surface area contributed by atoms with Crippen LogP contribution in [0.2, 0.25) is 0 Å². The third-order valence-corrected chi connectivity index (χ3v) is 4.71. The van der Waals surface area contributed by atoms with Crippen LogP contribution < -0.4 is 15.2 Å². The molecule has 2 rings (SSSR count). The SMILES string of the molecule is COc1cc(CC2(CN)CCC2)c(OC)c(C)c1C. The maximum Gasteiger partial charge on any atom is 0.125 e. The van der Waals surface area contributed by atoms with Crippen molar-refractivity contribution in [2.45, 2.75) is 39.5 Å². The van der Waals surface area contributed by atoms with Crippen LogP contribution >= 0.6 is 0 Å². The fourth-order valence-corrected chi connectivity index (χ4v) is 3.09. The molecule has 1 saturated carbocycles. The highest BCUT2D eigenvalue weighted by molar-refractivity contribution is 5.53. The summed E-state index contributed by atoms with van der Waals surface area (Å²) in [5.41, 5.74) is 9.80. The quantitative estimate of drug-likeness (QED) is 0.888. The first-order valence-corrected chi connectivity index (χ1v) is 6.98. The van der Waals surface area contributed by atoms with E-state index in [4.69, 9.17) is 15.2 Å². The molecule has 106 valence electrons. The van der Waals surface area contributed by atoms with E-state index in [1.807, 2.05) is 0 Å². The molecule has 19 heavy (non-hydrogen) atoms. The van der Waals surface area contributed by atoms with Crippen molar-refractivity contribution in [1.29, 1.82) is 0 Å². The van der Waals surface area contributed by atoms with Crippen LogP contribution in [0.25, 0.3) is 0 Å². The predicted octanol–water partition coefficient (Wildman–Crippen LogP) is 2.99. The molecule has 0 radical (unpaired) electrons. The third kappa shape index (κ3) is 2.44.